The van der Waals surface area contributed by atoms with Crippen LogP contribution in [0.25, 0.3) is 22.2 Å². The minimum Gasteiger partial charge on any atom is -0.496 e. The molecule has 8 heteroatoms. The normalized spacial score (nSPS) is 11.0. The minimum atomic E-state index is 0.707. The van der Waals surface area contributed by atoms with Crippen molar-refractivity contribution in [3.05, 3.63) is 53.7 Å². The van der Waals surface area contributed by atoms with Crippen LogP contribution in [0.3, 0.4) is 0 Å². The van der Waals surface area contributed by atoms with Crippen LogP contribution in [0.2, 0.25) is 0 Å². The van der Waals surface area contributed by atoms with Gasteiger partial charge in [0.15, 0.2) is 16.7 Å². The topological polar surface area (TPSA) is 66.0 Å². The Morgan fingerprint density at radius 2 is 2.08 bits per heavy atom. The van der Waals surface area contributed by atoms with Crippen LogP contribution in [-0.4, -0.2) is 26.9 Å². The molecule has 0 N–H and O–H groups in total. The summed E-state index contributed by atoms with van der Waals surface area (Å²) in [5.74, 6) is 2.97. The monoisotopic (exact) mass is 384 g/mol. The minimum absolute atomic E-state index is 0.707. The van der Waals surface area contributed by atoms with E-state index in [1.54, 1.807) is 36.5 Å². The molecule has 0 fully saturated rings. The van der Waals surface area contributed by atoms with Gasteiger partial charge in [0.1, 0.15) is 10.8 Å². The van der Waals surface area contributed by atoms with E-state index in [1.807, 2.05) is 48.0 Å². The molecule has 1 aromatic carbocycles. The van der Waals surface area contributed by atoms with E-state index in [9.17, 15) is 0 Å². The molecule has 0 bridgehead atoms. The molecule has 0 radical (unpaired) electrons. The third-order valence-electron chi connectivity index (χ3n) is 3.81. The zero-order valence-corrected chi connectivity index (χ0v) is 15.9. The van der Waals surface area contributed by atoms with Gasteiger partial charge in [-0.05, 0) is 24.3 Å². The van der Waals surface area contributed by atoms with Crippen LogP contribution in [0, 0.1) is 0 Å². The zero-order valence-electron chi connectivity index (χ0n) is 14.2. The fraction of sp³-hybridized carbons (Fsp3) is 0.167. The van der Waals surface area contributed by atoms with Crippen LogP contribution in [-0.2, 0) is 12.8 Å². The molecule has 26 heavy (non-hydrogen) atoms. The maximum Gasteiger partial charge on any atom is 0.200 e. The SMILES string of the molecule is COc1ccccc1-c1nc(CSc2nnc(-c3ccco3)n2C)cs1. The van der Waals surface area contributed by atoms with Crippen molar-refractivity contribution in [1.82, 2.24) is 19.7 Å². The van der Waals surface area contributed by atoms with Gasteiger partial charge in [-0.15, -0.1) is 21.5 Å². The molecule has 0 unspecified atom stereocenters. The van der Waals surface area contributed by atoms with Crippen LogP contribution in [0.15, 0.2) is 57.6 Å². The van der Waals surface area contributed by atoms with E-state index in [0.717, 1.165) is 32.9 Å². The summed E-state index contributed by atoms with van der Waals surface area (Å²) in [6, 6.07) is 11.6. The van der Waals surface area contributed by atoms with E-state index < -0.39 is 0 Å². The predicted molar refractivity (Wildman–Crippen MR) is 102 cm³/mol. The second kappa shape index (κ2) is 7.35. The molecule has 3 heterocycles. The molecule has 0 saturated carbocycles. The average Bonchev–Trinajstić information content (AvgIpc) is 3.41. The zero-order chi connectivity index (χ0) is 17.9. The van der Waals surface area contributed by atoms with Gasteiger partial charge in [-0.2, -0.15) is 0 Å². The number of hydrogen-bond acceptors (Lipinski definition) is 7. The highest BCUT2D eigenvalue weighted by atomic mass is 32.2. The molecular weight excluding hydrogens is 368 g/mol. The van der Waals surface area contributed by atoms with Gasteiger partial charge >= 0.3 is 0 Å². The summed E-state index contributed by atoms with van der Waals surface area (Å²) in [6.45, 7) is 0. The Morgan fingerprint density at radius 1 is 1.19 bits per heavy atom. The smallest absolute Gasteiger partial charge is 0.200 e. The Labute approximate surface area is 158 Å². The summed E-state index contributed by atoms with van der Waals surface area (Å²) in [5.41, 5.74) is 2.01. The summed E-state index contributed by atoms with van der Waals surface area (Å²) in [7, 11) is 3.61. The van der Waals surface area contributed by atoms with Gasteiger partial charge in [0, 0.05) is 18.2 Å². The molecule has 0 saturated heterocycles. The van der Waals surface area contributed by atoms with Crippen LogP contribution in [0.5, 0.6) is 5.75 Å². The van der Waals surface area contributed by atoms with Crippen molar-refractivity contribution in [3.63, 3.8) is 0 Å². The molecule has 0 aliphatic carbocycles. The van der Waals surface area contributed by atoms with Gasteiger partial charge in [0.05, 0.1) is 24.6 Å². The average molecular weight is 384 g/mol. The number of nitrogens with zero attached hydrogens (tertiary/aromatic N) is 4. The quantitative estimate of drug-likeness (QED) is 0.456. The maximum absolute atomic E-state index is 5.42. The number of para-hydroxylation sites is 1. The maximum atomic E-state index is 5.42. The van der Waals surface area contributed by atoms with Crippen molar-refractivity contribution in [2.45, 2.75) is 10.9 Å². The van der Waals surface area contributed by atoms with Crippen LogP contribution < -0.4 is 4.74 Å². The van der Waals surface area contributed by atoms with E-state index >= 15 is 0 Å². The Morgan fingerprint density at radius 3 is 2.88 bits per heavy atom. The van der Waals surface area contributed by atoms with Crippen LogP contribution in [0.4, 0.5) is 0 Å². The summed E-state index contributed by atoms with van der Waals surface area (Å²) >= 11 is 3.21. The number of furan rings is 1. The van der Waals surface area contributed by atoms with Crippen molar-refractivity contribution in [3.8, 4) is 27.9 Å². The van der Waals surface area contributed by atoms with E-state index in [1.165, 1.54) is 0 Å². The first-order valence-corrected chi connectivity index (χ1v) is 9.76. The lowest BCUT2D eigenvalue weighted by atomic mass is 10.2. The van der Waals surface area contributed by atoms with Gasteiger partial charge in [-0.1, -0.05) is 23.9 Å². The first-order valence-electron chi connectivity index (χ1n) is 7.90. The summed E-state index contributed by atoms with van der Waals surface area (Å²) in [6.07, 6.45) is 1.63. The van der Waals surface area contributed by atoms with Crippen molar-refractivity contribution in [2.75, 3.05) is 7.11 Å². The number of hydrogen-bond donors (Lipinski definition) is 0. The highest BCUT2D eigenvalue weighted by molar-refractivity contribution is 7.98. The highest BCUT2D eigenvalue weighted by Gasteiger charge is 2.15. The van der Waals surface area contributed by atoms with Gasteiger partial charge < -0.3 is 13.7 Å². The lowest BCUT2D eigenvalue weighted by Crippen LogP contribution is -1.94. The Bertz CT molecular complexity index is 1010. The molecule has 132 valence electrons. The molecule has 0 amide bonds. The lowest BCUT2D eigenvalue weighted by molar-refractivity contribution is 0.416. The van der Waals surface area contributed by atoms with Crippen molar-refractivity contribution < 1.29 is 9.15 Å². The van der Waals surface area contributed by atoms with Crippen molar-refractivity contribution >= 4 is 23.1 Å². The lowest BCUT2D eigenvalue weighted by Gasteiger charge is -2.04. The van der Waals surface area contributed by atoms with Gasteiger partial charge in [0.25, 0.3) is 0 Å². The van der Waals surface area contributed by atoms with E-state index in [-0.39, 0.29) is 0 Å². The van der Waals surface area contributed by atoms with Crippen molar-refractivity contribution in [2.24, 2.45) is 7.05 Å². The Balaban J connectivity index is 1.49. The second-order valence-corrected chi connectivity index (χ2v) is 7.28. The number of aromatic nitrogens is 4. The number of thiazole rings is 1. The number of rotatable bonds is 6. The van der Waals surface area contributed by atoms with E-state index in [2.05, 4.69) is 15.6 Å². The fourth-order valence-electron chi connectivity index (χ4n) is 2.52. The number of methoxy groups -OCH3 is 1. The number of ether oxygens (including phenoxy) is 1. The van der Waals surface area contributed by atoms with Gasteiger partial charge in [0.2, 0.25) is 0 Å². The predicted octanol–water partition coefficient (Wildman–Crippen LogP) is 4.50. The largest absolute Gasteiger partial charge is 0.496 e. The standard InChI is InChI=1S/C18H16N4O2S2/c1-22-16(15-8-5-9-24-15)20-21-18(22)26-11-12-10-25-17(19-12)13-6-3-4-7-14(13)23-2/h3-10H,11H2,1-2H3. The van der Waals surface area contributed by atoms with Gasteiger partial charge in [-0.25, -0.2) is 4.98 Å². The summed E-state index contributed by atoms with van der Waals surface area (Å²) in [5, 5.41) is 12.3. The molecule has 4 aromatic rings. The molecule has 0 aliphatic rings. The molecular formula is C18H16N4O2S2. The molecule has 0 spiro atoms. The molecule has 4 rings (SSSR count). The summed E-state index contributed by atoms with van der Waals surface area (Å²) < 4.78 is 12.7. The third-order valence-corrected chi connectivity index (χ3v) is 5.79. The second-order valence-electron chi connectivity index (χ2n) is 5.48. The Kier molecular flexibility index (Phi) is 4.77. The van der Waals surface area contributed by atoms with E-state index in [0.29, 0.717) is 11.6 Å². The number of benzene rings is 1. The Hall–Kier alpha value is -2.58. The fourth-order valence-corrected chi connectivity index (χ4v) is 4.28. The van der Waals surface area contributed by atoms with Crippen LogP contribution in [0.1, 0.15) is 5.69 Å². The molecule has 6 nitrogen and oxygen atoms in total. The number of thioether (sulfide) groups is 1. The first kappa shape index (κ1) is 16.9. The molecule has 0 aliphatic heterocycles. The first-order chi connectivity index (χ1) is 12.8. The third kappa shape index (κ3) is 3.25. The summed E-state index contributed by atoms with van der Waals surface area (Å²) in [4.78, 5) is 4.73. The van der Waals surface area contributed by atoms with Gasteiger partial charge in [-0.3, -0.25) is 0 Å². The molecule has 3 aromatic heterocycles. The van der Waals surface area contributed by atoms with Crippen LogP contribution >= 0.6 is 23.1 Å². The van der Waals surface area contributed by atoms with E-state index in [4.69, 9.17) is 14.1 Å². The van der Waals surface area contributed by atoms with Crippen molar-refractivity contribution in [1.29, 1.82) is 0 Å². The highest BCUT2D eigenvalue weighted by Crippen LogP contribution is 2.33. The molecule has 0 atom stereocenters.